The van der Waals surface area contributed by atoms with Gasteiger partial charge in [0.15, 0.2) is 0 Å². The van der Waals surface area contributed by atoms with Gasteiger partial charge in [0.05, 0.1) is 0 Å². The van der Waals surface area contributed by atoms with Crippen molar-refractivity contribution in [3.63, 3.8) is 0 Å². The summed E-state index contributed by atoms with van der Waals surface area (Å²) in [6, 6.07) is 3.29. The quantitative estimate of drug-likeness (QED) is 0.384. The summed E-state index contributed by atoms with van der Waals surface area (Å²) in [5.74, 6) is 0. The summed E-state index contributed by atoms with van der Waals surface area (Å²) in [6.07, 6.45) is 0. The van der Waals surface area contributed by atoms with E-state index in [0.717, 1.165) is 4.70 Å². The molecule has 0 saturated carbocycles. The molecule has 0 aliphatic rings. The smallest absolute Gasteiger partial charge is 0.423 e. The molecule has 0 bridgehead atoms. The maximum absolute atomic E-state index is 9.14. The van der Waals surface area contributed by atoms with E-state index in [1.54, 1.807) is 11.4 Å². The fraction of sp³-hybridized carbons (Fsp3) is 0. The number of hydrogen-bond donors (Lipinski definition) is 4. The van der Waals surface area contributed by atoms with E-state index in [4.69, 9.17) is 21.5 Å². The van der Waals surface area contributed by atoms with E-state index in [2.05, 4.69) is 0 Å². The van der Waals surface area contributed by atoms with Crippen molar-refractivity contribution < 1.29 is 10.0 Å². The first-order valence-corrected chi connectivity index (χ1v) is 4.90. The fourth-order valence-electron chi connectivity index (χ4n) is 1.45. The van der Waals surface area contributed by atoms with Crippen LogP contribution in [0.5, 0.6) is 0 Å². The highest BCUT2D eigenvalue weighted by atomic mass is 32.1. The van der Waals surface area contributed by atoms with E-state index < -0.39 is 7.12 Å². The van der Waals surface area contributed by atoms with Crippen molar-refractivity contribution in [2.45, 2.75) is 0 Å². The third kappa shape index (κ3) is 1.33. The second-order valence-electron chi connectivity index (χ2n) is 3.05. The molecule has 0 spiro atoms. The van der Waals surface area contributed by atoms with Crippen molar-refractivity contribution in [1.82, 2.24) is 0 Å². The molecule has 72 valence electrons. The maximum Gasteiger partial charge on any atom is 0.489 e. The van der Waals surface area contributed by atoms with Gasteiger partial charge in [-0.05, 0) is 17.6 Å². The molecule has 1 heterocycles. The molecule has 0 fully saturated rings. The van der Waals surface area contributed by atoms with E-state index in [1.807, 2.05) is 0 Å². The molecule has 0 amide bonds. The number of rotatable bonds is 1. The summed E-state index contributed by atoms with van der Waals surface area (Å²) in [5.41, 5.74) is 12.7. The van der Waals surface area contributed by atoms with Crippen LogP contribution in [0.25, 0.3) is 10.1 Å². The van der Waals surface area contributed by atoms with Crippen LogP contribution in [-0.2, 0) is 0 Å². The number of thiophene rings is 1. The minimum Gasteiger partial charge on any atom is -0.423 e. The molecular formula is C8H9BN2O2S. The number of nitrogens with two attached hydrogens (primary N) is 2. The summed E-state index contributed by atoms with van der Waals surface area (Å²) >= 11 is 1.43. The van der Waals surface area contributed by atoms with Crippen LogP contribution in [0.15, 0.2) is 17.5 Å². The van der Waals surface area contributed by atoms with E-state index in [9.17, 15) is 0 Å². The average molecular weight is 208 g/mol. The molecule has 2 aromatic rings. The van der Waals surface area contributed by atoms with Gasteiger partial charge in [-0.2, -0.15) is 0 Å². The van der Waals surface area contributed by atoms with E-state index in [1.165, 1.54) is 17.4 Å². The predicted molar refractivity (Wildman–Crippen MR) is 60.5 cm³/mol. The van der Waals surface area contributed by atoms with Gasteiger partial charge in [0.25, 0.3) is 0 Å². The Hall–Kier alpha value is -1.24. The van der Waals surface area contributed by atoms with E-state index in [0.29, 0.717) is 22.2 Å². The van der Waals surface area contributed by atoms with Crippen molar-refractivity contribution in [3.05, 3.63) is 17.5 Å². The van der Waals surface area contributed by atoms with Crippen molar-refractivity contribution in [1.29, 1.82) is 0 Å². The largest absolute Gasteiger partial charge is 0.489 e. The Balaban J connectivity index is 2.83. The van der Waals surface area contributed by atoms with Crippen molar-refractivity contribution in [2.75, 3.05) is 11.5 Å². The Kier molecular flexibility index (Phi) is 2.11. The second kappa shape index (κ2) is 3.16. The second-order valence-corrected chi connectivity index (χ2v) is 3.96. The molecule has 14 heavy (non-hydrogen) atoms. The monoisotopic (exact) mass is 208 g/mol. The summed E-state index contributed by atoms with van der Waals surface area (Å²) < 4.78 is 0.866. The van der Waals surface area contributed by atoms with E-state index in [-0.39, 0.29) is 0 Å². The Bertz CT molecular complexity index is 483. The van der Waals surface area contributed by atoms with Crippen molar-refractivity contribution >= 4 is 45.4 Å². The lowest BCUT2D eigenvalue weighted by Gasteiger charge is -2.04. The molecule has 0 unspecified atom stereocenters. The maximum atomic E-state index is 9.14. The molecule has 1 aromatic heterocycles. The van der Waals surface area contributed by atoms with Crippen LogP contribution in [0.1, 0.15) is 0 Å². The van der Waals surface area contributed by atoms with E-state index >= 15 is 0 Å². The first-order valence-electron chi connectivity index (χ1n) is 4.02. The zero-order valence-electron chi connectivity index (χ0n) is 7.27. The highest BCUT2D eigenvalue weighted by molar-refractivity contribution is 7.18. The lowest BCUT2D eigenvalue weighted by Crippen LogP contribution is -2.30. The number of fused-ring (bicyclic) bond motifs is 1. The third-order valence-corrected chi connectivity index (χ3v) is 2.98. The van der Waals surface area contributed by atoms with Gasteiger partial charge in [0, 0.05) is 26.8 Å². The summed E-state index contributed by atoms with van der Waals surface area (Å²) in [7, 11) is -1.54. The molecule has 1 aromatic carbocycles. The lowest BCUT2D eigenvalue weighted by atomic mass is 9.77. The van der Waals surface area contributed by atoms with Gasteiger partial charge < -0.3 is 21.5 Å². The average Bonchev–Trinajstić information content (AvgIpc) is 2.46. The Morgan fingerprint density at radius 3 is 2.57 bits per heavy atom. The van der Waals surface area contributed by atoms with Crippen LogP contribution >= 0.6 is 11.3 Å². The standard InChI is InChI=1S/C8H9BN2O2S/c10-4-1-5(9(12)13)8-6(11)3-14-7(8)2-4/h1-3,12-13H,10-11H2. The van der Waals surface area contributed by atoms with Crippen LogP contribution in [0.4, 0.5) is 11.4 Å². The minimum atomic E-state index is -1.54. The summed E-state index contributed by atoms with van der Waals surface area (Å²) in [6.45, 7) is 0. The van der Waals surface area contributed by atoms with Gasteiger partial charge in [-0.1, -0.05) is 0 Å². The number of hydrogen-bond acceptors (Lipinski definition) is 5. The highest BCUT2D eigenvalue weighted by Crippen LogP contribution is 2.28. The fourth-order valence-corrected chi connectivity index (χ4v) is 2.38. The van der Waals surface area contributed by atoms with Crippen molar-refractivity contribution in [3.8, 4) is 0 Å². The van der Waals surface area contributed by atoms with Gasteiger partial charge in [-0.25, -0.2) is 0 Å². The summed E-state index contributed by atoms with van der Waals surface area (Å²) in [5, 5.41) is 20.7. The molecule has 6 N–H and O–H groups in total. The number of anilines is 2. The molecule has 0 saturated heterocycles. The SMILES string of the molecule is Nc1cc(B(O)O)c2c(N)csc2c1. The van der Waals surface area contributed by atoms with Gasteiger partial charge in [0.1, 0.15) is 0 Å². The molecule has 6 heteroatoms. The summed E-state index contributed by atoms with van der Waals surface area (Å²) in [4.78, 5) is 0. The zero-order chi connectivity index (χ0) is 10.3. The van der Waals surface area contributed by atoms with Crippen LogP contribution < -0.4 is 16.9 Å². The number of nitrogen functional groups attached to an aromatic ring is 2. The lowest BCUT2D eigenvalue weighted by molar-refractivity contribution is 0.426. The molecule has 0 aliphatic heterocycles. The van der Waals surface area contributed by atoms with Crippen LogP contribution in [0.2, 0.25) is 0 Å². The van der Waals surface area contributed by atoms with Gasteiger partial charge in [-0.3, -0.25) is 0 Å². The van der Waals surface area contributed by atoms with Gasteiger partial charge >= 0.3 is 7.12 Å². The molecule has 0 radical (unpaired) electrons. The molecule has 4 nitrogen and oxygen atoms in total. The first kappa shape index (κ1) is 9.33. The predicted octanol–water partition coefficient (Wildman–Crippen LogP) is -0.254. The normalized spacial score (nSPS) is 10.7. The third-order valence-electron chi connectivity index (χ3n) is 2.03. The number of benzene rings is 1. The molecule has 0 atom stereocenters. The first-order chi connectivity index (χ1) is 6.59. The molecule has 2 rings (SSSR count). The van der Waals surface area contributed by atoms with Crippen LogP contribution in [-0.4, -0.2) is 17.2 Å². The van der Waals surface area contributed by atoms with Crippen molar-refractivity contribution in [2.24, 2.45) is 0 Å². The minimum absolute atomic E-state index is 0.360. The van der Waals surface area contributed by atoms with Gasteiger partial charge in [-0.15, -0.1) is 11.3 Å². The Morgan fingerprint density at radius 2 is 1.93 bits per heavy atom. The zero-order valence-corrected chi connectivity index (χ0v) is 8.08. The topological polar surface area (TPSA) is 92.5 Å². The van der Waals surface area contributed by atoms with Crippen LogP contribution in [0, 0.1) is 0 Å². The van der Waals surface area contributed by atoms with Gasteiger partial charge in [0.2, 0.25) is 0 Å². The highest BCUT2D eigenvalue weighted by Gasteiger charge is 2.18. The Morgan fingerprint density at radius 1 is 1.21 bits per heavy atom. The molecular weight excluding hydrogens is 199 g/mol. The van der Waals surface area contributed by atoms with Crippen LogP contribution in [0.3, 0.4) is 0 Å². The molecule has 0 aliphatic carbocycles. The Labute approximate surface area is 84.9 Å².